The lowest BCUT2D eigenvalue weighted by atomic mass is 9.89. The minimum absolute atomic E-state index is 0.142. The van der Waals surface area contributed by atoms with E-state index in [-0.39, 0.29) is 23.9 Å². The Bertz CT molecular complexity index is 1090. The van der Waals surface area contributed by atoms with E-state index >= 15 is 0 Å². The number of benzene rings is 1. The number of hydrogen-bond donors (Lipinski definition) is 4. The molecule has 1 saturated heterocycles. The standard InChI is InChI=1S/C24H29ClN6O/c25-20-14-28-24(31-22(20)19-13-27-21-7-2-1-6-18(19)21)30-17-5-3-4-16(12-17)29-23(32)15-8-10-26-11-9-15/h1-2,6-7,13-17,26-27H,3-5,8-12H2,(H,29,32)(H,28,30,31)/t16-,17?/m0/s1. The fourth-order valence-electron chi connectivity index (χ4n) is 4.93. The molecule has 32 heavy (non-hydrogen) atoms. The molecule has 2 aliphatic rings. The number of rotatable bonds is 5. The van der Waals surface area contributed by atoms with E-state index in [4.69, 9.17) is 16.6 Å². The molecule has 3 heterocycles. The Kier molecular flexibility index (Phi) is 6.28. The first-order valence-electron chi connectivity index (χ1n) is 11.5. The molecule has 8 heteroatoms. The van der Waals surface area contributed by atoms with Gasteiger partial charge in [0.1, 0.15) is 0 Å². The van der Waals surface area contributed by atoms with Crippen LogP contribution in [0.2, 0.25) is 5.02 Å². The first kappa shape index (κ1) is 21.2. The van der Waals surface area contributed by atoms with Crippen molar-refractivity contribution < 1.29 is 4.79 Å². The van der Waals surface area contributed by atoms with Gasteiger partial charge in [0.05, 0.1) is 16.9 Å². The second kappa shape index (κ2) is 9.46. The molecule has 4 N–H and O–H groups in total. The molecule has 1 unspecified atom stereocenters. The monoisotopic (exact) mass is 452 g/mol. The van der Waals surface area contributed by atoms with E-state index in [1.54, 1.807) is 6.20 Å². The highest BCUT2D eigenvalue weighted by molar-refractivity contribution is 6.33. The third kappa shape index (κ3) is 4.59. The van der Waals surface area contributed by atoms with Crippen LogP contribution in [0.3, 0.4) is 0 Å². The quantitative estimate of drug-likeness (QED) is 0.467. The molecule has 2 atom stereocenters. The Morgan fingerprint density at radius 3 is 2.78 bits per heavy atom. The molecule has 0 bridgehead atoms. The molecule has 0 spiro atoms. The third-order valence-electron chi connectivity index (χ3n) is 6.65. The molecule has 1 aliphatic carbocycles. The van der Waals surface area contributed by atoms with Gasteiger partial charge in [0, 0.05) is 40.7 Å². The summed E-state index contributed by atoms with van der Waals surface area (Å²) in [4.78, 5) is 25.1. The Morgan fingerprint density at radius 1 is 1.09 bits per heavy atom. The predicted octanol–water partition coefficient (Wildman–Crippen LogP) is 4.12. The number of carbonyl (C=O) groups is 1. The summed E-state index contributed by atoms with van der Waals surface area (Å²) < 4.78 is 0. The number of nitrogens with zero attached hydrogens (tertiary/aromatic N) is 2. The molecular formula is C24H29ClN6O. The summed E-state index contributed by atoms with van der Waals surface area (Å²) in [6, 6.07) is 8.52. The molecule has 1 aromatic carbocycles. The third-order valence-corrected chi connectivity index (χ3v) is 6.93. The van der Waals surface area contributed by atoms with Crippen LogP contribution in [-0.2, 0) is 4.79 Å². The Labute approximate surface area is 192 Å². The predicted molar refractivity (Wildman–Crippen MR) is 128 cm³/mol. The molecule has 5 rings (SSSR count). The minimum atomic E-state index is 0.142. The van der Waals surface area contributed by atoms with Gasteiger partial charge in [0.15, 0.2) is 0 Å². The maximum Gasteiger partial charge on any atom is 0.223 e. The van der Waals surface area contributed by atoms with E-state index in [2.05, 4.69) is 32.0 Å². The normalized spacial score (nSPS) is 22.0. The summed E-state index contributed by atoms with van der Waals surface area (Å²) in [6.07, 6.45) is 9.46. The Hall–Kier alpha value is -2.64. The number of para-hydroxylation sites is 1. The van der Waals surface area contributed by atoms with E-state index in [9.17, 15) is 4.79 Å². The second-order valence-corrected chi connectivity index (χ2v) is 9.28. The van der Waals surface area contributed by atoms with Crippen LogP contribution in [-0.4, -0.2) is 46.0 Å². The lowest BCUT2D eigenvalue weighted by Crippen LogP contribution is -2.46. The topological polar surface area (TPSA) is 94.7 Å². The number of aromatic nitrogens is 3. The van der Waals surface area contributed by atoms with Crippen molar-refractivity contribution in [1.29, 1.82) is 0 Å². The first-order chi connectivity index (χ1) is 15.7. The van der Waals surface area contributed by atoms with Gasteiger partial charge in [-0.3, -0.25) is 4.79 Å². The van der Waals surface area contributed by atoms with Gasteiger partial charge in [-0.25, -0.2) is 9.97 Å². The van der Waals surface area contributed by atoms with Crippen LogP contribution in [0.15, 0.2) is 36.7 Å². The molecular weight excluding hydrogens is 424 g/mol. The Balaban J connectivity index is 1.27. The number of fused-ring (bicyclic) bond motifs is 1. The number of nitrogens with one attached hydrogen (secondary N) is 4. The molecule has 3 aromatic rings. The summed E-state index contributed by atoms with van der Waals surface area (Å²) >= 11 is 6.47. The molecule has 1 amide bonds. The van der Waals surface area contributed by atoms with Crippen molar-refractivity contribution in [2.45, 2.75) is 50.6 Å². The number of hydrogen-bond acceptors (Lipinski definition) is 5. The Morgan fingerprint density at radius 2 is 1.91 bits per heavy atom. The lowest BCUT2D eigenvalue weighted by Gasteiger charge is -2.32. The SMILES string of the molecule is O=C(N[C@H]1CCCC(Nc2ncc(Cl)c(-c3c[nH]c4ccccc34)n2)C1)C1CCNCC1. The zero-order valence-electron chi connectivity index (χ0n) is 18.0. The van der Waals surface area contributed by atoms with Crippen LogP contribution in [0.4, 0.5) is 5.95 Å². The molecule has 0 radical (unpaired) electrons. The van der Waals surface area contributed by atoms with E-state index < -0.39 is 0 Å². The average molecular weight is 453 g/mol. The van der Waals surface area contributed by atoms with Crippen molar-refractivity contribution in [3.8, 4) is 11.3 Å². The maximum absolute atomic E-state index is 12.7. The first-order valence-corrected chi connectivity index (χ1v) is 11.9. The van der Waals surface area contributed by atoms with Crippen molar-refractivity contribution in [2.24, 2.45) is 5.92 Å². The van der Waals surface area contributed by atoms with Gasteiger partial charge < -0.3 is 20.9 Å². The molecule has 7 nitrogen and oxygen atoms in total. The molecule has 168 valence electrons. The van der Waals surface area contributed by atoms with Crippen LogP contribution in [0.5, 0.6) is 0 Å². The highest BCUT2D eigenvalue weighted by atomic mass is 35.5. The number of piperidine rings is 1. The highest BCUT2D eigenvalue weighted by Crippen LogP contribution is 2.32. The highest BCUT2D eigenvalue weighted by Gasteiger charge is 2.27. The lowest BCUT2D eigenvalue weighted by molar-refractivity contribution is -0.126. The van der Waals surface area contributed by atoms with Gasteiger partial charge in [0.2, 0.25) is 11.9 Å². The average Bonchev–Trinajstić information content (AvgIpc) is 3.25. The summed E-state index contributed by atoms with van der Waals surface area (Å²) in [7, 11) is 0. The smallest absolute Gasteiger partial charge is 0.223 e. The van der Waals surface area contributed by atoms with Crippen molar-refractivity contribution in [1.82, 2.24) is 25.6 Å². The summed E-state index contributed by atoms with van der Waals surface area (Å²) in [5.41, 5.74) is 2.73. The number of amides is 1. The summed E-state index contributed by atoms with van der Waals surface area (Å²) in [5, 5.41) is 11.7. The van der Waals surface area contributed by atoms with Crippen LogP contribution < -0.4 is 16.0 Å². The van der Waals surface area contributed by atoms with E-state index in [1.807, 2.05) is 24.4 Å². The van der Waals surface area contributed by atoms with Crippen molar-refractivity contribution in [3.63, 3.8) is 0 Å². The van der Waals surface area contributed by atoms with Crippen LogP contribution in [0.1, 0.15) is 38.5 Å². The number of carbonyl (C=O) groups excluding carboxylic acids is 1. The number of H-pyrrole nitrogens is 1. The van der Waals surface area contributed by atoms with Gasteiger partial charge in [-0.2, -0.15) is 0 Å². The van der Waals surface area contributed by atoms with Crippen LogP contribution in [0, 0.1) is 5.92 Å². The summed E-state index contributed by atoms with van der Waals surface area (Å²) in [5.74, 6) is 0.925. The molecule has 1 aliphatic heterocycles. The molecule has 2 aromatic heterocycles. The second-order valence-electron chi connectivity index (χ2n) is 8.88. The zero-order valence-corrected chi connectivity index (χ0v) is 18.8. The fourth-order valence-corrected chi connectivity index (χ4v) is 5.12. The zero-order chi connectivity index (χ0) is 21.9. The van der Waals surface area contributed by atoms with Gasteiger partial charge in [-0.1, -0.05) is 29.8 Å². The molecule has 1 saturated carbocycles. The van der Waals surface area contributed by atoms with Crippen molar-refractivity contribution in [3.05, 3.63) is 41.7 Å². The largest absolute Gasteiger partial charge is 0.360 e. The van der Waals surface area contributed by atoms with Crippen molar-refractivity contribution >= 4 is 34.4 Å². The van der Waals surface area contributed by atoms with E-state index in [0.717, 1.165) is 68.1 Å². The van der Waals surface area contributed by atoms with E-state index in [1.165, 1.54) is 0 Å². The minimum Gasteiger partial charge on any atom is -0.360 e. The van der Waals surface area contributed by atoms with Gasteiger partial charge in [-0.15, -0.1) is 0 Å². The summed E-state index contributed by atoms with van der Waals surface area (Å²) in [6.45, 7) is 1.86. The number of anilines is 1. The van der Waals surface area contributed by atoms with E-state index in [0.29, 0.717) is 16.7 Å². The van der Waals surface area contributed by atoms with Gasteiger partial charge >= 0.3 is 0 Å². The van der Waals surface area contributed by atoms with Crippen LogP contribution in [0.25, 0.3) is 22.2 Å². The number of aromatic amines is 1. The van der Waals surface area contributed by atoms with Gasteiger partial charge in [0.25, 0.3) is 0 Å². The van der Waals surface area contributed by atoms with Crippen LogP contribution >= 0.6 is 11.6 Å². The molecule has 2 fully saturated rings. The number of halogens is 1. The maximum atomic E-state index is 12.7. The fraction of sp³-hybridized carbons (Fsp3) is 0.458. The van der Waals surface area contributed by atoms with Gasteiger partial charge in [-0.05, 0) is 57.7 Å². The van der Waals surface area contributed by atoms with Crippen molar-refractivity contribution in [2.75, 3.05) is 18.4 Å².